The van der Waals surface area contributed by atoms with E-state index in [4.69, 9.17) is 4.74 Å². The highest BCUT2D eigenvalue weighted by atomic mass is 19.1. The second-order valence-corrected chi connectivity index (χ2v) is 4.74. The molecule has 1 N–H and O–H groups in total. The zero-order chi connectivity index (χ0) is 13.0. The highest BCUT2D eigenvalue weighted by Crippen LogP contribution is 2.28. The van der Waals surface area contributed by atoms with E-state index < -0.39 is 6.10 Å². The van der Waals surface area contributed by atoms with Crippen molar-refractivity contribution in [2.45, 2.75) is 25.4 Å². The molecule has 0 spiro atoms. The van der Waals surface area contributed by atoms with Crippen molar-refractivity contribution in [2.24, 2.45) is 0 Å². The Morgan fingerprint density at radius 3 is 2.78 bits per heavy atom. The molecule has 0 bridgehead atoms. The molecule has 1 aliphatic heterocycles. The number of halogens is 1. The van der Waals surface area contributed by atoms with Crippen LogP contribution in [-0.4, -0.2) is 36.8 Å². The van der Waals surface area contributed by atoms with Gasteiger partial charge in [-0.1, -0.05) is 0 Å². The number of rotatable bonds is 5. The molecule has 0 saturated carbocycles. The zero-order valence-electron chi connectivity index (χ0n) is 10.7. The van der Waals surface area contributed by atoms with Crippen molar-refractivity contribution >= 4 is 0 Å². The topological polar surface area (TPSA) is 32.7 Å². The van der Waals surface area contributed by atoms with Gasteiger partial charge in [0.05, 0.1) is 13.2 Å². The molecule has 1 saturated heterocycles. The largest absolute Gasteiger partial charge is 0.496 e. The van der Waals surface area contributed by atoms with Crippen molar-refractivity contribution in [1.29, 1.82) is 0 Å². The lowest BCUT2D eigenvalue weighted by atomic mass is 10.0. The molecule has 1 aliphatic rings. The van der Waals surface area contributed by atoms with E-state index in [1.54, 1.807) is 6.07 Å². The molecule has 2 rings (SSSR count). The molecule has 1 heterocycles. The van der Waals surface area contributed by atoms with E-state index in [0.717, 1.165) is 19.6 Å². The second kappa shape index (κ2) is 6.16. The Hall–Kier alpha value is -1.13. The minimum Gasteiger partial charge on any atom is -0.496 e. The molecule has 1 aromatic rings. The van der Waals surface area contributed by atoms with Crippen LogP contribution in [-0.2, 0) is 0 Å². The van der Waals surface area contributed by atoms with Crippen LogP contribution in [0, 0.1) is 5.82 Å². The van der Waals surface area contributed by atoms with E-state index in [1.807, 2.05) is 0 Å². The van der Waals surface area contributed by atoms with Crippen molar-refractivity contribution in [3.05, 3.63) is 29.6 Å². The smallest absolute Gasteiger partial charge is 0.124 e. The van der Waals surface area contributed by atoms with Gasteiger partial charge in [0, 0.05) is 12.1 Å². The summed E-state index contributed by atoms with van der Waals surface area (Å²) in [6, 6.07) is 4.26. The van der Waals surface area contributed by atoms with E-state index in [9.17, 15) is 9.50 Å². The van der Waals surface area contributed by atoms with Crippen molar-refractivity contribution < 1.29 is 14.2 Å². The Labute approximate surface area is 107 Å². The van der Waals surface area contributed by atoms with E-state index in [1.165, 1.54) is 32.1 Å². The molecule has 0 radical (unpaired) electrons. The van der Waals surface area contributed by atoms with E-state index >= 15 is 0 Å². The summed E-state index contributed by atoms with van der Waals surface area (Å²) < 4.78 is 18.4. The molecule has 18 heavy (non-hydrogen) atoms. The summed E-state index contributed by atoms with van der Waals surface area (Å²) in [6.07, 6.45) is 2.41. The number of hydrogen-bond donors (Lipinski definition) is 1. The fraction of sp³-hybridized carbons (Fsp3) is 0.571. The number of ether oxygens (including phenoxy) is 1. The van der Waals surface area contributed by atoms with Gasteiger partial charge in [-0.05, 0) is 50.6 Å². The maximum atomic E-state index is 13.2. The maximum Gasteiger partial charge on any atom is 0.124 e. The Bertz CT molecular complexity index is 391. The summed E-state index contributed by atoms with van der Waals surface area (Å²) in [7, 11) is 1.53. The first kappa shape index (κ1) is 13.3. The number of nitrogens with zero attached hydrogens (tertiary/aromatic N) is 1. The van der Waals surface area contributed by atoms with Gasteiger partial charge in [0.15, 0.2) is 0 Å². The molecule has 1 unspecified atom stereocenters. The van der Waals surface area contributed by atoms with Crippen LogP contribution in [0.5, 0.6) is 5.75 Å². The van der Waals surface area contributed by atoms with Crippen molar-refractivity contribution in [3.8, 4) is 5.75 Å². The molecule has 1 fully saturated rings. The summed E-state index contributed by atoms with van der Waals surface area (Å²) >= 11 is 0. The van der Waals surface area contributed by atoms with Crippen molar-refractivity contribution in [1.82, 2.24) is 4.90 Å². The van der Waals surface area contributed by atoms with Crippen LogP contribution in [0.3, 0.4) is 0 Å². The van der Waals surface area contributed by atoms with Gasteiger partial charge >= 0.3 is 0 Å². The normalized spacial score (nSPS) is 17.9. The number of aliphatic hydroxyl groups is 1. The van der Waals surface area contributed by atoms with Crippen LogP contribution in [0.15, 0.2) is 18.2 Å². The summed E-state index contributed by atoms with van der Waals surface area (Å²) in [5.74, 6) is 0.205. The fourth-order valence-corrected chi connectivity index (χ4v) is 2.43. The van der Waals surface area contributed by atoms with Crippen molar-refractivity contribution in [3.63, 3.8) is 0 Å². The lowest BCUT2D eigenvalue weighted by Crippen LogP contribution is -2.22. The third-order valence-electron chi connectivity index (χ3n) is 3.47. The summed E-state index contributed by atoms with van der Waals surface area (Å²) in [5.41, 5.74) is 0.539. The Balaban J connectivity index is 1.98. The Morgan fingerprint density at radius 1 is 1.39 bits per heavy atom. The van der Waals surface area contributed by atoms with Crippen LogP contribution in [0.2, 0.25) is 0 Å². The SMILES string of the molecule is COc1ccc(F)cc1C(O)CCN1CCCC1. The van der Waals surface area contributed by atoms with E-state index in [-0.39, 0.29) is 5.82 Å². The molecule has 100 valence electrons. The molecule has 1 atom stereocenters. The van der Waals surface area contributed by atoms with Crippen LogP contribution < -0.4 is 4.74 Å². The highest BCUT2D eigenvalue weighted by molar-refractivity contribution is 5.35. The minimum absolute atomic E-state index is 0.342. The van der Waals surface area contributed by atoms with Gasteiger partial charge in [-0.25, -0.2) is 4.39 Å². The van der Waals surface area contributed by atoms with Crippen LogP contribution >= 0.6 is 0 Å². The fourth-order valence-electron chi connectivity index (χ4n) is 2.43. The van der Waals surface area contributed by atoms with Gasteiger partial charge in [0.2, 0.25) is 0 Å². The van der Waals surface area contributed by atoms with Crippen LogP contribution in [0.4, 0.5) is 4.39 Å². The number of methoxy groups -OCH3 is 1. The lowest BCUT2D eigenvalue weighted by Gasteiger charge is -2.19. The third-order valence-corrected chi connectivity index (χ3v) is 3.47. The molecular weight excluding hydrogens is 233 g/mol. The zero-order valence-corrected chi connectivity index (χ0v) is 10.7. The predicted molar refractivity (Wildman–Crippen MR) is 68.2 cm³/mol. The molecule has 0 amide bonds. The monoisotopic (exact) mass is 253 g/mol. The second-order valence-electron chi connectivity index (χ2n) is 4.74. The molecule has 4 heteroatoms. The van der Waals surface area contributed by atoms with Crippen LogP contribution in [0.1, 0.15) is 30.9 Å². The number of likely N-dealkylation sites (tertiary alicyclic amines) is 1. The number of benzene rings is 1. The van der Waals surface area contributed by atoms with Gasteiger partial charge < -0.3 is 14.7 Å². The van der Waals surface area contributed by atoms with Crippen LogP contribution in [0.25, 0.3) is 0 Å². The molecule has 0 aromatic heterocycles. The summed E-state index contributed by atoms with van der Waals surface area (Å²) in [6.45, 7) is 3.06. The third kappa shape index (κ3) is 3.21. The van der Waals surface area contributed by atoms with Gasteiger partial charge in [-0.15, -0.1) is 0 Å². The maximum absolute atomic E-state index is 13.2. The number of aliphatic hydroxyl groups excluding tert-OH is 1. The average Bonchev–Trinajstić information content (AvgIpc) is 2.89. The summed E-state index contributed by atoms with van der Waals surface area (Å²) in [5, 5.41) is 10.1. The van der Waals surface area contributed by atoms with Gasteiger partial charge in [-0.3, -0.25) is 0 Å². The predicted octanol–water partition coefficient (Wildman–Crippen LogP) is 2.35. The average molecular weight is 253 g/mol. The van der Waals surface area contributed by atoms with E-state index in [0.29, 0.717) is 17.7 Å². The molecule has 3 nitrogen and oxygen atoms in total. The van der Waals surface area contributed by atoms with Gasteiger partial charge in [0.1, 0.15) is 11.6 Å². The number of hydrogen-bond acceptors (Lipinski definition) is 3. The molecular formula is C14H20FNO2. The molecule has 1 aromatic carbocycles. The Kier molecular flexibility index (Phi) is 4.55. The van der Waals surface area contributed by atoms with Crippen molar-refractivity contribution in [2.75, 3.05) is 26.7 Å². The highest BCUT2D eigenvalue weighted by Gasteiger charge is 2.17. The van der Waals surface area contributed by atoms with Gasteiger partial charge in [-0.2, -0.15) is 0 Å². The summed E-state index contributed by atoms with van der Waals surface area (Å²) in [4.78, 5) is 2.33. The Morgan fingerprint density at radius 2 is 2.11 bits per heavy atom. The van der Waals surface area contributed by atoms with E-state index in [2.05, 4.69) is 4.90 Å². The lowest BCUT2D eigenvalue weighted by molar-refractivity contribution is 0.145. The first-order valence-corrected chi connectivity index (χ1v) is 6.44. The van der Waals surface area contributed by atoms with Gasteiger partial charge in [0.25, 0.3) is 0 Å². The standard InChI is InChI=1S/C14H20FNO2/c1-18-14-5-4-11(15)10-12(14)13(17)6-9-16-7-2-3-8-16/h4-5,10,13,17H,2-3,6-9H2,1H3. The quantitative estimate of drug-likeness (QED) is 0.874. The molecule has 0 aliphatic carbocycles. The first-order chi connectivity index (χ1) is 8.70. The first-order valence-electron chi connectivity index (χ1n) is 6.44. The minimum atomic E-state index is -0.670.